The van der Waals surface area contributed by atoms with Crippen molar-refractivity contribution in [2.45, 2.75) is 17.8 Å². The third-order valence-electron chi connectivity index (χ3n) is 4.13. The number of hydrogen-bond acceptors (Lipinski definition) is 5. The molecule has 0 fully saturated rings. The zero-order valence-electron chi connectivity index (χ0n) is 14.1. The molecule has 0 aliphatic carbocycles. The van der Waals surface area contributed by atoms with Crippen molar-refractivity contribution in [2.24, 2.45) is 0 Å². The minimum absolute atomic E-state index is 0.645. The topological polar surface area (TPSA) is 69.6 Å². The van der Waals surface area contributed by atoms with Crippen molar-refractivity contribution in [3.05, 3.63) is 70.9 Å². The van der Waals surface area contributed by atoms with E-state index >= 15 is 0 Å². The number of hydrogen-bond donors (Lipinski definition) is 1. The van der Waals surface area contributed by atoms with Crippen molar-refractivity contribution in [1.82, 2.24) is 19.9 Å². The van der Waals surface area contributed by atoms with Crippen LogP contribution in [-0.2, 0) is 5.75 Å². The van der Waals surface area contributed by atoms with Gasteiger partial charge in [0.05, 0.1) is 5.52 Å². The smallest absolute Gasteiger partial charge is 0.210 e. The summed E-state index contributed by atoms with van der Waals surface area (Å²) in [6.07, 6.45) is 1.77. The van der Waals surface area contributed by atoms with Gasteiger partial charge in [0, 0.05) is 27.9 Å². The van der Waals surface area contributed by atoms with Gasteiger partial charge < -0.3 is 5.84 Å². The molecule has 4 rings (SSSR count). The van der Waals surface area contributed by atoms with Crippen molar-refractivity contribution in [3.63, 3.8) is 0 Å². The molecule has 26 heavy (non-hydrogen) atoms. The first-order valence-corrected chi connectivity index (χ1v) is 9.42. The first kappa shape index (κ1) is 16.9. The largest absolute Gasteiger partial charge is 0.335 e. The highest BCUT2D eigenvalue weighted by Gasteiger charge is 2.13. The van der Waals surface area contributed by atoms with Gasteiger partial charge in [-0.05, 0) is 30.7 Å². The molecule has 2 N–H and O–H groups in total. The summed E-state index contributed by atoms with van der Waals surface area (Å²) in [5.41, 5.74) is 4.11. The average molecular weight is 382 g/mol. The lowest BCUT2D eigenvalue weighted by Crippen LogP contribution is -2.11. The lowest BCUT2D eigenvalue weighted by atomic mass is 10.1. The minimum Gasteiger partial charge on any atom is -0.335 e. The van der Waals surface area contributed by atoms with Gasteiger partial charge in [-0.1, -0.05) is 59.3 Å². The summed E-state index contributed by atoms with van der Waals surface area (Å²) in [7, 11) is 0. The van der Waals surface area contributed by atoms with Crippen molar-refractivity contribution >= 4 is 34.3 Å². The van der Waals surface area contributed by atoms with Crippen LogP contribution in [0.5, 0.6) is 0 Å². The van der Waals surface area contributed by atoms with E-state index in [2.05, 4.69) is 15.2 Å². The number of halogens is 1. The van der Waals surface area contributed by atoms with Gasteiger partial charge in [0.25, 0.3) is 0 Å². The quantitative estimate of drug-likeness (QED) is 0.417. The van der Waals surface area contributed by atoms with Crippen LogP contribution in [0.4, 0.5) is 0 Å². The van der Waals surface area contributed by atoms with E-state index < -0.39 is 0 Å². The maximum atomic E-state index is 6.26. The maximum absolute atomic E-state index is 6.26. The second kappa shape index (κ2) is 6.97. The fourth-order valence-electron chi connectivity index (χ4n) is 2.73. The average Bonchev–Trinajstić information content (AvgIpc) is 3.03. The molecule has 7 heteroatoms. The summed E-state index contributed by atoms with van der Waals surface area (Å²) in [5, 5.41) is 10.8. The Bertz CT molecular complexity index is 1080. The normalized spacial score (nSPS) is 11.2. The molecule has 0 spiro atoms. The molecule has 130 valence electrons. The van der Waals surface area contributed by atoms with E-state index in [1.165, 1.54) is 22.0 Å². The Hall–Kier alpha value is -2.57. The van der Waals surface area contributed by atoms with Crippen LogP contribution in [-0.4, -0.2) is 19.9 Å². The number of fused-ring (bicyclic) bond motifs is 1. The molecule has 2 aromatic carbocycles. The van der Waals surface area contributed by atoms with Gasteiger partial charge in [0.15, 0.2) is 5.82 Å². The standard InChI is InChI=1S/C19H16ClN5S/c1-12-4-6-13(7-5-12)18-23-24-19(25(18)21)26-11-14-8-9-16(20)15-3-2-10-22-17(14)15/h2-10H,11,21H2,1H3. The van der Waals surface area contributed by atoms with Crippen LogP contribution in [0, 0.1) is 6.92 Å². The number of aryl methyl sites for hydroxylation is 1. The molecule has 0 bridgehead atoms. The summed E-state index contributed by atoms with van der Waals surface area (Å²) < 4.78 is 1.53. The summed E-state index contributed by atoms with van der Waals surface area (Å²) in [5.74, 6) is 7.53. The molecule has 0 aliphatic heterocycles. The van der Waals surface area contributed by atoms with Gasteiger partial charge in [-0.15, -0.1) is 10.2 Å². The van der Waals surface area contributed by atoms with Gasteiger partial charge in [0.1, 0.15) is 0 Å². The number of nitrogens with two attached hydrogens (primary N) is 1. The van der Waals surface area contributed by atoms with Crippen molar-refractivity contribution in [1.29, 1.82) is 0 Å². The molecular formula is C19H16ClN5S. The highest BCUT2D eigenvalue weighted by Crippen LogP contribution is 2.30. The molecule has 0 amide bonds. The molecular weight excluding hydrogens is 366 g/mol. The number of benzene rings is 2. The molecule has 0 radical (unpaired) electrons. The molecule has 2 aromatic heterocycles. The van der Waals surface area contributed by atoms with E-state index in [0.29, 0.717) is 21.8 Å². The third-order valence-corrected chi connectivity index (χ3v) is 5.45. The van der Waals surface area contributed by atoms with E-state index in [1.807, 2.05) is 55.5 Å². The van der Waals surface area contributed by atoms with Crippen molar-refractivity contribution in [3.8, 4) is 11.4 Å². The lowest BCUT2D eigenvalue weighted by molar-refractivity contribution is 0.849. The van der Waals surface area contributed by atoms with Gasteiger partial charge in [-0.3, -0.25) is 4.98 Å². The highest BCUT2D eigenvalue weighted by molar-refractivity contribution is 7.98. The van der Waals surface area contributed by atoms with Crippen molar-refractivity contribution < 1.29 is 0 Å². The van der Waals surface area contributed by atoms with Crippen LogP contribution in [0.3, 0.4) is 0 Å². The second-order valence-corrected chi connectivity index (χ2v) is 7.29. The third kappa shape index (κ3) is 3.13. The second-order valence-electron chi connectivity index (χ2n) is 5.94. The summed E-state index contributed by atoms with van der Waals surface area (Å²) in [4.78, 5) is 4.47. The lowest BCUT2D eigenvalue weighted by Gasteiger charge is -2.07. The number of nitrogens with zero attached hydrogens (tertiary/aromatic N) is 4. The fraction of sp³-hybridized carbons (Fsp3) is 0.105. The molecule has 0 unspecified atom stereocenters. The summed E-state index contributed by atoms with van der Waals surface area (Å²) in [6.45, 7) is 2.04. The molecule has 2 heterocycles. The summed E-state index contributed by atoms with van der Waals surface area (Å²) in [6, 6.07) is 15.8. The number of thioether (sulfide) groups is 1. The molecule has 5 nitrogen and oxygen atoms in total. The molecule has 0 saturated carbocycles. The highest BCUT2D eigenvalue weighted by atomic mass is 35.5. The number of nitrogen functional groups attached to an aromatic ring is 1. The first-order chi connectivity index (χ1) is 12.6. The van der Waals surface area contributed by atoms with E-state index in [9.17, 15) is 0 Å². The van der Waals surface area contributed by atoms with Crippen LogP contribution >= 0.6 is 23.4 Å². The number of rotatable bonds is 4. The van der Waals surface area contributed by atoms with Gasteiger partial charge in [-0.2, -0.15) is 0 Å². The monoisotopic (exact) mass is 381 g/mol. The Labute approximate surface area is 160 Å². The Balaban J connectivity index is 1.60. The van der Waals surface area contributed by atoms with Crippen molar-refractivity contribution in [2.75, 3.05) is 5.84 Å². The predicted octanol–water partition coefficient (Wildman–Crippen LogP) is 4.46. The Morgan fingerprint density at radius 3 is 2.69 bits per heavy atom. The van der Waals surface area contributed by atoms with Crippen LogP contribution in [0.15, 0.2) is 59.9 Å². The van der Waals surface area contributed by atoms with E-state index in [4.69, 9.17) is 17.4 Å². The van der Waals surface area contributed by atoms with Gasteiger partial charge in [0.2, 0.25) is 5.16 Å². The van der Waals surface area contributed by atoms with Crippen LogP contribution in [0.1, 0.15) is 11.1 Å². The molecule has 0 saturated heterocycles. The number of pyridine rings is 1. The van der Waals surface area contributed by atoms with E-state index in [0.717, 1.165) is 22.0 Å². The Kier molecular flexibility index (Phi) is 4.53. The summed E-state index contributed by atoms with van der Waals surface area (Å²) >= 11 is 7.78. The zero-order chi connectivity index (χ0) is 18.1. The van der Waals surface area contributed by atoms with Gasteiger partial charge >= 0.3 is 0 Å². The number of aromatic nitrogens is 4. The van der Waals surface area contributed by atoms with Crippen LogP contribution in [0.25, 0.3) is 22.3 Å². The van der Waals surface area contributed by atoms with Crippen LogP contribution < -0.4 is 5.84 Å². The zero-order valence-corrected chi connectivity index (χ0v) is 15.6. The molecule has 0 atom stereocenters. The van der Waals surface area contributed by atoms with E-state index in [-0.39, 0.29) is 0 Å². The molecule has 0 aliphatic rings. The predicted molar refractivity (Wildman–Crippen MR) is 107 cm³/mol. The minimum atomic E-state index is 0.645. The first-order valence-electron chi connectivity index (χ1n) is 8.06. The fourth-order valence-corrected chi connectivity index (χ4v) is 3.79. The Morgan fingerprint density at radius 1 is 1.08 bits per heavy atom. The van der Waals surface area contributed by atoms with Crippen LogP contribution in [0.2, 0.25) is 5.02 Å². The maximum Gasteiger partial charge on any atom is 0.210 e. The van der Waals surface area contributed by atoms with E-state index in [1.54, 1.807) is 6.20 Å². The van der Waals surface area contributed by atoms with Gasteiger partial charge in [-0.25, -0.2) is 4.68 Å². The Morgan fingerprint density at radius 2 is 1.88 bits per heavy atom. The SMILES string of the molecule is Cc1ccc(-c2nnc(SCc3ccc(Cl)c4cccnc34)n2N)cc1. The molecule has 4 aromatic rings.